The van der Waals surface area contributed by atoms with Crippen molar-refractivity contribution < 1.29 is 9.84 Å². The summed E-state index contributed by atoms with van der Waals surface area (Å²) >= 11 is 0. The van der Waals surface area contributed by atoms with E-state index in [2.05, 4.69) is 11.9 Å². The second-order valence-electron chi connectivity index (χ2n) is 4.50. The van der Waals surface area contributed by atoms with Crippen LogP contribution in [-0.2, 0) is 19.4 Å². The van der Waals surface area contributed by atoms with Crippen molar-refractivity contribution in [2.45, 2.75) is 32.4 Å². The number of para-hydroxylation sites is 1. The molecule has 1 N–H and O–H groups in total. The van der Waals surface area contributed by atoms with Crippen LogP contribution in [0.15, 0.2) is 36.7 Å². The molecule has 1 heterocycles. The van der Waals surface area contributed by atoms with Crippen LogP contribution in [0.3, 0.4) is 0 Å². The SMILES string of the molecule is CCn1ccnc1CC(O)Cc1ccccc1OC. The number of aromatic nitrogens is 2. The van der Waals surface area contributed by atoms with E-state index < -0.39 is 6.10 Å². The molecule has 0 spiro atoms. The van der Waals surface area contributed by atoms with Gasteiger partial charge in [-0.15, -0.1) is 0 Å². The highest BCUT2D eigenvalue weighted by molar-refractivity contribution is 5.33. The number of hydrogen-bond acceptors (Lipinski definition) is 3. The van der Waals surface area contributed by atoms with Crippen LogP contribution in [0.2, 0.25) is 0 Å². The second kappa shape index (κ2) is 6.38. The van der Waals surface area contributed by atoms with Gasteiger partial charge in [-0.1, -0.05) is 18.2 Å². The molecule has 0 aliphatic rings. The highest BCUT2D eigenvalue weighted by Gasteiger charge is 2.13. The van der Waals surface area contributed by atoms with Crippen LogP contribution in [0.1, 0.15) is 18.3 Å². The number of aliphatic hydroxyl groups excluding tert-OH is 1. The van der Waals surface area contributed by atoms with Gasteiger partial charge in [-0.25, -0.2) is 4.98 Å². The van der Waals surface area contributed by atoms with E-state index in [-0.39, 0.29) is 0 Å². The quantitative estimate of drug-likeness (QED) is 0.864. The van der Waals surface area contributed by atoms with E-state index in [9.17, 15) is 5.11 Å². The molecule has 1 aromatic heterocycles. The Morgan fingerprint density at radius 3 is 2.84 bits per heavy atom. The fourth-order valence-electron chi connectivity index (χ4n) is 2.23. The summed E-state index contributed by atoms with van der Waals surface area (Å²) < 4.78 is 7.34. The molecule has 1 aromatic carbocycles. The van der Waals surface area contributed by atoms with Crippen molar-refractivity contribution in [3.05, 3.63) is 48.0 Å². The maximum atomic E-state index is 10.2. The Morgan fingerprint density at radius 1 is 1.32 bits per heavy atom. The van der Waals surface area contributed by atoms with Gasteiger partial charge in [0.1, 0.15) is 11.6 Å². The molecule has 0 aliphatic heterocycles. The molecule has 4 heteroatoms. The van der Waals surface area contributed by atoms with Crippen molar-refractivity contribution in [2.24, 2.45) is 0 Å². The second-order valence-corrected chi connectivity index (χ2v) is 4.50. The maximum Gasteiger partial charge on any atom is 0.122 e. The number of methoxy groups -OCH3 is 1. The molecule has 19 heavy (non-hydrogen) atoms. The molecule has 2 rings (SSSR count). The van der Waals surface area contributed by atoms with Gasteiger partial charge in [0.15, 0.2) is 0 Å². The van der Waals surface area contributed by atoms with E-state index in [0.29, 0.717) is 12.8 Å². The summed E-state index contributed by atoms with van der Waals surface area (Å²) in [6.45, 7) is 2.94. The lowest BCUT2D eigenvalue weighted by molar-refractivity contribution is 0.170. The molecule has 0 bridgehead atoms. The minimum absolute atomic E-state index is 0.455. The predicted octanol–water partition coefficient (Wildman–Crippen LogP) is 2.06. The molecule has 0 radical (unpaired) electrons. The van der Waals surface area contributed by atoms with Gasteiger partial charge in [-0.05, 0) is 18.6 Å². The van der Waals surface area contributed by atoms with Gasteiger partial charge in [0, 0.05) is 31.8 Å². The van der Waals surface area contributed by atoms with Gasteiger partial charge < -0.3 is 14.4 Å². The summed E-state index contributed by atoms with van der Waals surface area (Å²) in [6, 6.07) is 7.78. The fourth-order valence-corrected chi connectivity index (χ4v) is 2.23. The summed E-state index contributed by atoms with van der Waals surface area (Å²) in [5.74, 6) is 1.74. The largest absolute Gasteiger partial charge is 0.496 e. The van der Waals surface area contributed by atoms with Crippen molar-refractivity contribution >= 4 is 0 Å². The van der Waals surface area contributed by atoms with Crippen LogP contribution in [0.25, 0.3) is 0 Å². The number of benzene rings is 1. The standard InChI is InChI=1S/C15H20N2O2/c1-3-17-9-8-16-15(17)11-13(18)10-12-6-4-5-7-14(12)19-2/h4-9,13,18H,3,10-11H2,1-2H3. The summed E-state index contributed by atoms with van der Waals surface area (Å²) in [5, 5.41) is 10.2. The van der Waals surface area contributed by atoms with Crippen molar-refractivity contribution in [3.63, 3.8) is 0 Å². The molecule has 1 unspecified atom stereocenters. The number of aliphatic hydroxyl groups is 1. The zero-order chi connectivity index (χ0) is 13.7. The molecule has 2 aromatic rings. The molecular weight excluding hydrogens is 240 g/mol. The van der Waals surface area contributed by atoms with Gasteiger partial charge in [0.25, 0.3) is 0 Å². The van der Waals surface area contributed by atoms with Crippen molar-refractivity contribution in [1.29, 1.82) is 0 Å². The van der Waals surface area contributed by atoms with Gasteiger partial charge in [0.05, 0.1) is 13.2 Å². The average molecular weight is 260 g/mol. The van der Waals surface area contributed by atoms with Gasteiger partial charge in [-0.3, -0.25) is 0 Å². The third-order valence-corrected chi connectivity index (χ3v) is 3.21. The molecular formula is C15H20N2O2. The molecule has 4 nitrogen and oxygen atoms in total. The fraction of sp³-hybridized carbons (Fsp3) is 0.400. The Labute approximate surface area is 113 Å². The van der Waals surface area contributed by atoms with Crippen molar-refractivity contribution in [2.75, 3.05) is 7.11 Å². The molecule has 0 fully saturated rings. The van der Waals surface area contributed by atoms with E-state index in [1.807, 2.05) is 35.0 Å². The lowest BCUT2D eigenvalue weighted by Gasteiger charge is -2.13. The zero-order valence-electron chi connectivity index (χ0n) is 11.4. The normalized spacial score (nSPS) is 12.4. The van der Waals surface area contributed by atoms with Crippen molar-refractivity contribution in [3.8, 4) is 5.75 Å². The third kappa shape index (κ3) is 3.35. The Hall–Kier alpha value is -1.81. The lowest BCUT2D eigenvalue weighted by atomic mass is 10.0. The van der Waals surface area contributed by atoms with E-state index in [4.69, 9.17) is 4.74 Å². The Morgan fingerprint density at radius 2 is 2.11 bits per heavy atom. The third-order valence-electron chi connectivity index (χ3n) is 3.21. The van der Waals surface area contributed by atoms with Gasteiger partial charge in [-0.2, -0.15) is 0 Å². The first-order valence-electron chi connectivity index (χ1n) is 6.54. The highest BCUT2D eigenvalue weighted by Crippen LogP contribution is 2.19. The first kappa shape index (κ1) is 13.6. The summed E-state index contributed by atoms with van der Waals surface area (Å²) in [7, 11) is 1.65. The number of rotatable bonds is 6. The molecule has 0 amide bonds. The van der Waals surface area contributed by atoms with E-state index >= 15 is 0 Å². The minimum Gasteiger partial charge on any atom is -0.496 e. The summed E-state index contributed by atoms with van der Waals surface area (Å²) in [6.07, 6.45) is 4.38. The van der Waals surface area contributed by atoms with Crippen LogP contribution >= 0.6 is 0 Å². The summed E-state index contributed by atoms with van der Waals surface area (Å²) in [4.78, 5) is 4.28. The van der Waals surface area contributed by atoms with Crippen LogP contribution in [0.4, 0.5) is 0 Å². The van der Waals surface area contributed by atoms with Crippen LogP contribution in [0, 0.1) is 0 Å². The maximum absolute atomic E-state index is 10.2. The molecule has 0 saturated carbocycles. The Balaban J connectivity index is 2.03. The highest BCUT2D eigenvalue weighted by atomic mass is 16.5. The number of ether oxygens (including phenoxy) is 1. The topological polar surface area (TPSA) is 47.3 Å². The Kier molecular flexibility index (Phi) is 4.58. The Bertz CT molecular complexity index is 522. The van der Waals surface area contributed by atoms with Crippen LogP contribution in [-0.4, -0.2) is 27.9 Å². The zero-order valence-corrected chi connectivity index (χ0v) is 11.4. The molecule has 102 valence electrons. The molecule has 1 atom stereocenters. The first-order chi connectivity index (χ1) is 9.24. The molecule has 0 aliphatic carbocycles. The van der Waals surface area contributed by atoms with Gasteiger partial charge in [0.2, 0.25) is 0 Å². The predicted molar refractivity (Wildman–Crippen MR) is 74.3 cm³/mol. The minimum atomic E-state index is -0.455. The van der Waals surface area contributed by atoms with E-state index in [1.54, 1.807) is 13.3 Å². The van der Waals surface area contributed by atoms with Crippen LogP contribution < -0.4 is 4.74 Å². The van der Waals surface area contributed by atoms with Crippen LogP contribution in [0.5, 0.6) is 5.75 Å². The number of hydrogen-bond donors (Lipinski definition) is 1. The van der Waals surface area contributed by atoms with Crippen molar-refractivity contribution in [1.82, 2.24) is 9.55 Å². The monoisotopic (exact) mass is 260 g/mol. The van der Waals surface area contributed by atoms with E-state index in [0.717, 1.165) is 23.7 Å². The smallest absolute Gasteiger partial charge is 0.122 e. The number of nitrogens with zero attached hydrogens (tertiary/aromatic N) is 2. The van der Waals surface area contributed by atoms with E-state index in [1.165, 1.54) is 0 Å². The van der Waals surface area contributed by atoms with Gasteiger partial charge >= 0.3 is 0 Å². The first-order valence-corrected chi connectivity index (χ1v) is 6.54. The number of aryl methyl sites for hydroxylation is 1. The average Bonchev–Trinajstić information content (AvgIpc) is 2.86. The lowest BCUT2D eigenvalue weighted by Crippen LogP contribution is -2.17. The molecule has 0 saturated heterocycles. The number of imidazole rings is 1. The summed E-state index contributed by atoms with van der Waals surface area (Å²) in [5.41, 5.74) is 1.02.